The van der Waals surface area contributed by atoms with Crippen LogP contribution in [0.25, 0.3) is 0 Å². The number of ether oxygens (including phenoxy) is 1. The maximum Gasteiger partial charge on any atom is 0.164 e. The Kier molecular flexibility index (Phi) is 5.92. The molecule has 0 aliphatic carbocycles. The smallest absolute Gasteiger partial charge is 0.164 e. The first-order chi connectivity index (χ1) is 12.6. The fourth-order valence-corrected chi connectivity index (χ4v) is 2.61. The van der Waals surface area contributed by atoms with Gasteiger partial charge < -0.3 is 10.1 Å². The Morgan fingerprint density at radius 1 is 0.885 bits per heavy atom. The number of carbonyl (C=O) groups is 1. The maximum absolute atomic E-state index is 12.2. The van der Waals surface area contributed by atoms with Crippen molar-refractivity contribution in [3.63, 3.8) is 0 Å². The number of aryl methyl sites for hydroxylation is 1. The summed E-state index contributed by atoms with van der Waals surface area (Å²) in [6, 6.07) is 22.5. The molecule has 26 heavy (non-hydrogen) atoms. The first-order valence-electron chi connectivity index (χ1n) is 8.47. The van der Waals surface area contributed by atoms with Crippen molar-refractivity contribution in [3.05, 3.63) is 88.9 Å². The second-order valence-electron chi connectivity index (χ2n) is 6.05. The first kappa shape index (κ1) is 18.0. The predicted molar refractivity (Wildman–Crippen MR) is 107 cm³/mol. The monoisotopic (exact) mass is 365 g/mol. The van der Waals surface area contributed by atoms with Crippen LogP contribution in [-0.4, -0.2) is 12.3 Å². The lowest BCUT2D eigenvalue weighted by Gasteiger charge is -2.09. The largest absolute Gasteiger partial charge is 0.457 e. The van der Waals surface area contributed by atoms with Gasteiger partial charge in [0.25, 0.3) is 0 Å². The molecular formula is C22H20ClNO2. The van der Waals surface area contributed by atoms with Crippen molar-refractivity contribution in [2.45, 2.75) is 13.3 Å². The summed E-state index contributed by atoms with van der Waals surface area (Å²) in [6.45, 7) is 2.60. The van der Waals surface area contributed by atoms with E-state index >= 15 is 0 Å². The van der Waals surface area contributed by atoms with Crippen LogP contribution in [0.3, 0.4) is 0 Å². The zero-order valence-corrected chi connectivity index (χ0v) is 15.3. The van der Waals surface area contributed by atoms with Crippen molar-refractivity contribution in [1.82, 2.24) is 0 Å². The molecule has 0 aromatic heterocycles. The summed E-state index contributed by atoms with van der Waals surface area (Å²) in [5, 5.41) is 3.94. The average Bonchev–Trinajstić information content (AvgIpc) is 2.65. The molecule has 0 unspecified atom stereocenters. The summed E-state index contributed by atoms with van der Waals surface area (Å²) in [6.07, 6.45) is 0.450. The molecular weight excluding hydrogens is 346 g/mol. The highest BCUT2D eigenvalue weighted by Crippen LogP contribution is 2.24. The van der Waals surface area contributed by atoms with Gasteiger partial charge in [-0.3, -0.25) is 4.79 Å². The summed E-state index contributed by atoms with van der Waals surface area (Å²) in [7, 11) is 0. The molecule has 0 spiro atoms. The molecule has 4 heteroatoms. The number of rotatable bonds is 7. The lowest BCUT2D eigenvalue weighted by molar-refractivity contribution is 0.0986. The Bertz CT molecular complexity index is 856. The third-order valence-corrected chi connectivity index (χ3v) is 4.21. The number of benzene rings is 3. The Hall–Kier alpha value is -2.78. The van der Waals surface area contributed by atoms with Crippen molar-refractivity contribution in [2.24, 2.45) is 0 Å². The van der Waals surface area contributed by atoms with Gasteiger partial charge in [0.05, 0.1) is 0 Å². The second-order valence-corrected chi connectivity index (χ2v) is 6.48. The Balaban J connectivity index is 1.49. The summed E-state index contributed by atoms with van der Waals surface area (Å²) in [5.74, 6) is 1.62. The quantitative estimate of drug-likeness (QED) is 0.512. The van der Waals surface area contributed by atoms with Crippen LogP contribution in [0.2, 0.25) is 5.02 Å². The maximum atomic E-state index is 12.2. The number of halogens is 1. The molecule has 132 valence electrons. The van der Waals surface area contributed by atoms with E-state index < -0.39 is 0 Å². The molecule has 3 rings (SSSR count). The van der Waals surface area contributed by atoms with E-state index in [9.17, 15) is 4.79 Å². The van der Waals surface area contributed by atoms with E-state index in [2.05, 4.69) is 5.32 Å². The van der Waals surface area contributed by atoms with Crippen LogP contribution >= 0.6 is 11.6 Å². The highest BCUT2D eigenvalue weighted by Gasteiger charge is 2.05. The van der Waals surface area contributed by atoms with Crippen LogP contribution in [-0.2, 0) is 0 Å². The van der Waals surface area contributed by atoms with E-state index in [-0.39, 0.29) is 5.78 Å². The lowest BCUT2D eigenvalue weighted by Crippen LogP contribution is -2.08. The number of nitrogens with one attached hydrogen (secondary N) is 1. The minimum atomic E-state index is 0.139. The minimum absolute atomic E-state index is 0.139. The molecule has 0 atom stereocenters. The number of hydrogen-bond acceptors (Lipinski definition) is 3. The number of hydrogen-bond donors (Lipinski definition) is 1. The summed E-state index contributed by atoms with van der Waals surface area (Å²) < 4.78 is 5.76. The third kappa shape index (κ3) is 5.11. The third-order valence-electron chi connectivity index (χ3n) is 3.96. The van der Waals surface area contributed by atoms with Crippen LogP contribution in [0.5, 0.6) is 11.5 Å². The van der Waals surface area contributed by atoms with E-state index in [4.69, 9.17) is 16.3 Å². The molecule has 3 nitrogen and oxygen atoms in total. The van der Waals surface area contributed by atoms with Gasteiger partial charge in [0.2, 0.25) is 0 Å². The molecule has 1 N–H and O–H groups in total. The normalized spacial score (nSPS) is 10.4. The topological polar surface area (TPSA) is 38.3 Å². The standard InChI is InChI=1S/C22H20ClNO2/c1-16-2-4-17(5-3-16)22(25)14-15-24-19-8-12-21(13-9-19)26-20-10-6-18(23)7-11-20/h2-13,24H,14-15H2,1H3. The highest BCUT2D eigenvalue weighted by atomic mass is 35.5. The predicted octanol–water partition coefficient (Wildman–Crippen LogP) is 6.13. The van der Waals surface area contributed by atoms with E-state index in [1.807, 2.05) is 67.6 Å². The van der Waals surface area contributed by atoms with Gasteiger partial charge in [-0.25, -0.2) is 0 Å². The van der Waals surface area contributed by atoms with Crippen molar-refractivity contribution < 1.29 is 9.53 Å². The Labute approximate surface area is 158 Å². The van der Waals surface area contributed by atoms with Gasteiger partial charge >= 0.3 is 0 Å². The lowest BCUT2D eigenvalue weighted by atomic mass is 10.1. The SMILES string of the molecule is Cc1ccc(C(=O)CCNc2ccc(Oc3ccc(Cl)cc3)cc2)cc1. The first-order valence-corrected chi connectivity index (χ1v) is 8.85. The van der Waals surface area contributed by atoms with Gasteiger partial charge in [-0.15, -0.1) is 0 Å². The number of Topliss-reactive ketones (excluding diaryl/α,β-unsaturated/α-hetero) is 1. The average molecular weight is 366 g/mol. The fourth-order valence-electron chi connectivity index (χ4n) is 2.48. The Morgan fingerprint density at radius 2 is 1.46 bits per heavy atom. The van der Waals surface area contributed by atoms with E-state index in [0.717, 1.165) is 28.3 Å². The molecule has 0 fully saturated rings. The van der Waals surface area contributed by atoms with Gasteiger partial charge in [-0.1, -0.05) is 41.4 Å². The second kappa shape index (κ2) is 8.54. The van der Waals surface area contributed by atoms with Crippen molar-refractivity contribution in [2.75, 3.05) is 11.9 Å². The molecule has 0 amide bonds. The van der Waals surface area contributed by atoms with Crippen LogP contribution in [0.1, 0.15) is 22.3 Å². The highest BCUT2D eigenvalue weighted by molar-refractivity contribution is 6.30. The molecule has 0 radical (unpaired) electrons. The number of carbonyl (C=O) groups excluding carboxylic acids is 1. The zero-order chi connectivity index (χ0) is 18.4. The van der Waals surface area contributed by atoms with Crippen LogP contribution in [0.4, 0.5) is 5.69 Å². The van der Waals surface area contributed by atoms with E-state index in [1.165, 1.54) is 0 Å². The molecule has 0 saturated carbocycles. The molecule has 0 aliphatic heterocycles. The Morgan fingerprint density at radius 3 is 2.08 bits per heavy atom. The molecule has 0 saturated heterocycles. The van der Waals surface area contributed by atoms with Gasteiger partial charge in [0, 0.05) is 29.2 Å². The van der Waals surface area contributed by atoms with Crippen molar-refractivity contribution >= 4 is 23.1 Å². The van der Waals surface area contributed by atoms with Crippen molar-refractivity contribution in [1.29, 1.82) is 0 Å². The van der Waals surface area contributed by atoms with Gasteiger partial charge in [0.1, 0.15) is 11.5 Å². The summed E-state index contributed by atoms with van der Waals surface area (Å²) in [5.41, 5.74) is 2.86. The van der Waals surface area contributed by atoms with E-state index in [1.54, 1.807) is 12.1 Å². The van der Waals surface area contributed by atoms with Gasteiger partial charge in [0.15, 0.2) is 5.78 Å². The van der Waals surface area contributed by atoms with Crippen LogP contribution in [0.15, 0.2) is 72.8 Å². The molecule has 0 heterocycles. The minimum Gasteiger partial charge on any atom is -0.457 e. The molecule has 3 aromatic carbocycles. The van der Waals surface area contributed by atoms with Crippen LogP contribution < -0.4 is 10.1 Å². The summed E-state index contributed by atoms with van der Waals surface area (Å²) in [4.78, 5) is 12.2. The fraction of sp³-hybridized carbons (Fsp3) is 0.136. The van der Waals surface area contributed by atoms with Crippen molar-refractivity contribution in [3.8, 4) is 11.5 Å². The van der Waals surface area contributed by atoms with E-state index in [0.29, 0.717) is 18.0 Å². The zero-order valence-electron chi connectivity index (χ0n) is 14.5. The molecule has 0 bridgehead atoms. The number of anilines is 1. The molecule has 0 aliphatic rings. The van der Waals surface area contributed by atoms with Crippen LogP contribution in [0, 0.1) is 6.92 Å². The van der Waals surface area contributed by atoms with Gasteiger partial charge in [-0.2, -0.15) is 0 Å². The number of ketones is 1. The summed E-state index contributed by atoms with van der Waals surface area (Å²) >= 11 is 5.86. The molecule has 3 aromatic rings. The van der Waals surface area contributed by atoms with Gasteiger partial charge in [-0.05, 0) is 55.5 Å².